The number of carbonyl (C=O) groups excluding carboxylic acids is 4. The van der Waals surface area contributed by atoms with E-state index in [1.807, 2.05) is 0 Å². The van der Waals surface area contributed by atoms with Crippen molar-refractivity contribution in [2.45, 2.75) is 104 Å². The van der Waals surface area contributed by atoms with Crippen LogP contribution >= 0.6 is 0 Å². The zero-order chi connectivity index (χ0) is 24.1. The SMILES string of the molecule is CCCCCCCO[C@@H]1O[C@H](CCOC(C)=O)[C@@H](OC(C)=O)[C@H](OC(C)=O)[C@H]1NC(C)=O. The van der Waals surface area contributed by atoms with Crippen LogP contribution in [0.1, 0.15) is 73.1 Å². The molecule has 32 heavy (non-hydrogen) atoms. The molecule has 184 valence electrons. The van der Waals surface area contributed by atoms with Crippen molar-refractivity contribution in [1.29, 1.82) is 0 Å². The first-order valence-corrected chi connectivity index (χ1v) is 11.2. The van der Waals surface area contributed by atoms with Gasteiger partial charge in [-0.1, -0.05) is 32.6 Å². The highest BCUT2D eigenvalue weighted by Crippen LogP contribution is 2.29. The largest absolute Gasteiger partial charge is 0.466 e. The Labute approximate surface area is 189 Å². The molecule has 10 heteroatoms. The van der Waals surface area contributed by atoms with Gasteiger partial charge in [-0.15, -0.1) is 0 Å². The Hall–Kier alpha value is -2.20. The van der Waals surface area contributed by atoms with Gasteiger partial charge in [-0.2, -0.15) is 0 Å². The molecule has 0 aromatic heterocycles. The first-order valence-electron chi connectivity index (χ1n) is 11.2. The van der Waals surface area contributed by atoms with Crippen LogP contribution in [0.15, 0.2) is 0 Å². The van der Waals surface area contributed by atoms with Gasteiger partial charge in [0.25, 0.3) is 0 Å². The summed E-state index contributed by atoms with van der Waals surface area (Å²) in [5, 5.41) is 2.70. The monoisotopic (exact) mass is 459 g/mol. The summed E-state index contributed by atoms with van der Waals surface area (Å²) in [5.74, 6) is -2.06. The van der Waals surface area contributed by atoms with E-state index in [0.717, 1.165) is 32.1 Å². The highest BCUT2D eigenvalue weighted by Gasteiger charge is 2.50. The Balaban J connectivity index is 3.06. The summed E-state index contributed by atoms with van der Waals surface area (Å²) in [6, 6.07) is -0.888. The van der Waals surface area contributed by atoms with Gasteiger partial charge < -0.3 is 29.0 Å². The van der Waals surface area contributed by atoms with Crippen molar-refractivity contribution in [1.82, 2.24) is 5.32 Å². The number of ether oxygens (including phenoxy) is 5. The van der Waals surface area contributed by atoms with Crippen LogP contribution in [0.5, 0.6) is 0 Å². The van der Waals surface area contributed by atoms with E-state index in [1.54, 1.807) is 0 Å². The van der Waals surface area contributed by atoms with Gasteiger partial charge in [0.2, 0.25) is 5.91 Å². The second-order valence-electron chi connectivity index (χ2n) is 7.83. The summed E-state index contributed by atoms with van der Waals surface area (Å²) in [5.41, 5.74) is 0. The third-order valence-electron chi connectivity index (χ3n) is 4.86. The number of carbonyl (C=O) groups is 4. The number of unbranched alkanes of at least 4 members (excludes halogenated alkanes) is 4. The highest BCUT2D eigenvalue weighted by molar-refractivity contribution is 5.73. The number of nitrogens with one attached hydrogen (secondary N) is 1. The van der Waals surface area contributed by atoms with Crippen molar-refractivity contribution < 1.29 is 42.9 Å². The van der Waals surface area contributed by atoms with Crippen LogP contribution in [0.3, 0.4) is 0 Å². The zero-order valence-corrected chi connectivity index (χ0v) is 19.7. The van der Waals surface area contributed by atoms with E-state index in [0.29, 0.717) is 6.61 Å². The number of hydrogen-bond donors (Lipinski definition) is 1. The van der Waals surface area contributed by atoms with E-state index in [1.165, 1.54) is 27.7 Å². The first-order chi connectivity index (χ1) is 15.1. The van der Waals surface area contributed by atoms with Crippen molar-refractivity contribution in [2.24, 2.45) is 0 Å². The van der Waals surface area contributed by atoms with Crippen molar-refractivity contribution in [3.05, 3.63) is 0 Å². The Bertz CT molecular complexity index is 625. The van der Waals surface area contributed by atoms with Crippen LogP contribution in [-0.4, -0.2) is 67.7 Å². The summed E-state index contributed by atoms with van der Waals surface area (Å²) in [6.07, 6.45) is 1.56. The molecule has 0 aromatic carbocycles. The molecule has 0 spiro atoms. The number of rotatable bonds is 13. The molecule has 0 radical (unpaired) electrons. The molecular formula is C22H37NO9. The summed E-state index contributed by atoms with van der Waals surface area (Å²) < 4.78 is 27.8. The molecule has 0 aromatic rings. The topological polar surface area (TPSA) is 126 Å². The zero-order valence-electron chi connectivity index (χ0n) is 19.7. The van der Waals surface area contributed by atoms with Gasteiger partial charge in [-0.25, -0.2) is 0 Å². The minimum absolute atomic E-state index is 0.0130. The molecule has 1 heterocycles. The lowest BCUT2D eigenvalue weighted by molar-refractivity contribution is -0.274. The second kappa shape index (κ2) is 14.8. The fourth-order valence-electron chi connectivity index (χ4n) is 3.56. The molecule has 1 rings (SSSR count). The minimum Gasteiger partial charge on any atom is -0.466 e. The fourth-order valence-corrected chi connectivity index (χ4v) is 3.56. The quantitative estimate of drug-likeness (QED) is 0.250. The molecule has 1 N–H and O–H groups in total. The Morgan fingerprint density at radius 2 is 1.44 bits per heavy atom. The van der Waals surface area contributed by atoms with Gasteiger partial charge in [0, 0.05) is 40.7 Å². The Kier molecular flexibility index (Phi) is 12.9. The van der Waals surface area contributed by atoms with E-state index in [2.05, 4.69) is 12.2 Å². The predicted octanol–water partition coefficient (Wildman–Crippen LogP) is 2.02. The van der Waals surface area contributed by atoms with E-state index < -0.39 is 48.6 Å². The van der Waals surface area contributed by atoms with Crippen LogP contribution in [0, 0.1) is 0 Å². The first kappa shape index (κ1) is 27.8. The minimum atomic E-state index is -1.04. The Morgan fingerprint density at radius 3 is 2.00 bits per heavy atom. The lowest BCUT2D eigenvalue weighted by atomic mass is 9.94. The molecule has 10 nitrogen and oxygen atoms in total. The molecule has 0 aliphatic carbocycles. The van der Waals surface area contributed by atoms with E-state index in [4.69, 9.17) is 23.7 Å². The lowest BCUT2D eigenvalue weighted by Gasteiger charge is -2.45. The van der Waals surface area contributed by atoms with Crippen LogP contribution < -0.4 is 5.32 Å². The molecule has 1 aliphatic rings. The smallest absolute Gasteiger partial charge is 0.303 e. The van der Waals surface area contributed by atoms with Gasteiger partial charge in [-0.05, 0) is 6.42 Å². The van der Waals surface area contributed by atoms with Crippen molar-refractivity contribution in [3.8, 4) is 0 Å². The van der Waals surface area contributed by atoms with Crippen LogP contribution in [0.2, 0.25) is 0 Å². The van der Waals surface area contributed by atoms with Crippen molar-refractivity contribution in [2.75, 3.05) is 13.2 Å². The normalized spacial score (nSPS) is 25.0. The standard InChI is InChI=1S/C22H37NO9/c1-6-7-8-9-10-12-29-22-19(23-14(2)24)21(31-17(5)27)20(30-16(4)26)18(32-22)11-13-28-15(3)25/h18-22H,6-13H2,1-5H3,(H,23,24)/t18-,19-,20-,21-,22-/m1/s1. The molecule has 0 bridgehead atoms. The number of hydrogen-bond acceptors (Lipinski definition) is 9. The van der Waals surface area contributed by atoms with Gasteiger partial charge in [0.1, 0.15) is 12.1 Å². The summed E-state index contributed by atoms with van der Waals surface area (Å²) in [4.78, 5) is 46.6. The summed E-state index contributed by atoms with van der Waals surface area (Å²) >= 11 is 0. The van der Waals surface area contributed by atoms with Crippen LogP contribution in [0.25, 0.3) is 0 Å². The van der Waals surface area contributed by atoms with Gasteiger partial charge >= 0.3 is 17.9 Å². The molecule has 5 atom stereocenters. The molecule has 0 saturated carbocycles. The summed E-state index contributed by atoms with van der Waals surface area (Å²) in [7, 11) is 0. The molecule has 1 saturated heterocycles. The van der Waals surface area contributed by atoms with Crippen LogP contribution in [0.4, 0.5) is 0 Å². The predicted molar refractivity (Wildman–Crippen MR) is 113 cm³/mol. The average molecular weight is 460 g/mol. The molecule has 1 fully saturated rings. The highest BCUT2D eigenvalue weighted by atomic mass is 16.7. The number of amides is 1. The lowest BCUT2D eigenvalue weighted by Crippen LogP contribution is -2.66. The molecule has 1 aliphatic heterocycles. The maximum absolute atomic E-state index is 11.9. The fraction of sp³-hybridized carbons (Fsp3) is 0.818. The molecular weight excluding hydrogens is 422 g/mol. The van der Waals surface area contributed by atoms with Crippen molar-refractivity contribution >= 4 is 23.8 Å². The third kappa shape index (κ3) is 10.4. The summed E-state index contributed by atoms with van der Waals surface area (Å²) in [6.45, 7) is 7.58. The maximum Gasteiger partial charge on any atom is 0.303 e. The maximum atomic E-state index is 11.9. The van der Waals surface area contributed by atoms with E-state index in [9.17, 15) is 19.2 Å². The Morgan fingerprint density at radius 1 is 0.812 bits per heavy atom. The second-order valence-corrected chi connectivity index (χ2v) is 7.83. The van der Waals surface area contributed by atoms with E-state index in [-0.39, 0.29) is 18.9 Å². The van der Waals surface area contributed by atoms with Gasteiger partial charge in [0.05, 0.1) is 6.61 Å². The molecule has 0 unspecified atom stereocenters. The average Bonchev–Trinajstić information content (AvgIpc) is 2.68. The third-order valence-corrected chi connectivity index (χ3v) is 4.86. The van der Waals surface area contributed by atoms with Gasteiger partial charge in [-0.3, -0.25) is 19.2 Å². The molecule has 1 amide bonds. The van der Waals surface area contributed by atoms with E-state index >= 15 is 0 Å². The van der Waals surface area contributed by atoms with Crippen LogP contribution in [-0.2, 0) is 42.9 Å². The van der Waals surface area contributed by atoms with Crippen molar-refractivity contribution in [3.63, 3.8) is 0 Å². The van der Waals surface area contributed by atoms with Gasteiger partial charge in [0.15, 0.2) is 18.5 Å². The number of esters is 3.